The van der Waals surface area contributed by atoms with Crippen molar-refractivity contribution in [1.29, 1.82) is 0 Å². The molecule has 1 aromatic carbocycles. The first-order valence-corrected chi connectivity index (χ1v) is 7.30. The molecule has 0 saturated heterocycles. The molecule has 0 bridgehead atoms. The lowest BCUT2D eigenvalue weighted by Gasteiger charge is -2.21. The van der Waals surface area contributed by atoms with Crippen molar-refractivity contribution < 1.29 is 8.78 Å². The average molecular weight is 296 g/mol. The van der Waals surface area contributed by atoms with Gasteiger partial charge in [-0.1, -0.05) is 13.8 Å². The molecule has 1 unspecified atom stereocenters. The number of imidazole rings is 1. The van der Waals surface area contributed by atoms with Gasteiger partial charge in [-0.15, -0.1) is 0 Å². The van der Waals surface area contributed by atoms with Crippen molar-refractivity contribution in [3.05, 3.63) is 29.6 Å². The van der Waals surface area contributed by atoms with Gasteiger partial charge in [-0.25, -0.2) is 13.8 Å². The highest BCUT2D eigenvalue weighted by Gasteiger charge is 2.18. The Hall–Kier alpha value is -1.53. The Morgan fingerprint density at radius 2 is 1.86 bits per heavy atom. The van der Waals surface area contributed by atoms with Crippen molar-refractivity contribution in [3.8, 4) is 0 Å². The van der Waals surface area contributed by atoms with Gasteiger partial charge in [0.25, 0.3) is 0 Å². The van der Waals surface area contributed by atoms with Crippen molar-refractivity contribution in [2.45, 2.75) is 33.4 Å². The van der Waals surface area contributed by atoms with Crippen LogP contribution in [0.5, 0.6) is 0 Å². The summed E-state index contributed by atoms with van der Waals surface area (Å²) in [6.45, 7) is 8.92. The summed E-state index contributed by atoms with van der Waals surface area (Å²) < 4.78 is 28.9. The van der Waals surface area contributed by atoms with Crippen LogP contribution in [0.15, 0.2) is 12.1 Å². The summed E-state index contributed by atoms with van der Waals surface area (Å²) in [5, 5.41) is 0. The Labute approximate surface area is 123 Å². The monoisotopic (exact) mass is 296 g/mol. The van der Waals surface area contributed by atoms with E-state index in [0.29, 0.717) is 24.1 Å². The Bertz CT molecular complexity index is 620. The van der Waals surface area contributed by atoms with E-state index in [0.717, 1.165) is 25.0 Å². The summed E-state index contributed by atoms with van der Waals surface area (Å²) in [7, 11) is 0. The van der Waals surface area contributed by atoms with Crippen LogP contribution in [0.2, 0.25) is 0 Å². The van der Waals surface area contributed by atoms with Crippen molar-refractivity contribution in [2.24, 2.45) is 5.73 Å². The van der Waals surface area contributed by atoms with Gasteiger partial charge in [0.1, 0.15) is 5.82 Å². The van der Waals surface area contributed by atoms with Gasteiger partial charge in [0.05, 0.1) is 17.6 Å². The molecule has 0 radical (unpaired) electrons. The van der Waals surface area contributed by atoms with Crippen molar-refractivity contribution in [3.63, 3.8) is 0 Å². The van der Waals surface area contributed by atoms with Gasteiger partial charge in [-0.2, -0.15) is 0 Å². The van der Waals surface area contributed by atoms with E-state index in [4.69, 9.17) is 5.73 Å². The van der Waals surface area contributed by atoms with E-state index in [9.17, 15) is 8.78 Å². The van der Waals surface area contributed by atoms with E-state index in [1.165, 1.54) is 6.07 Å². The van der Waals surface area contributed by atoms with Crippen molar-refractivity contribution >= 4 is 11.0 Å². The van der Waals surface area contributed by atoms with Gasteiger partial charge in [-0.3, -0.25) is 4.90 Å². The summed E-state index contributed by atoms with van der Waals surface area (Å²) >= 11 is 0. The topological polar surface area (TPSA) is 47.1 Å². The van der Waals surface area contributed by atoms with E-state index < -0.39 is 11.6 Å². The second kappa shape index (κ2) is 6.49. The van der Waals surface area contributed by atoms with Crippen molar-refractivity contribution in [1.82, 2.24) is 14.5 Å². The minimum atomic E-state index is -0.873. The van der Waals surface area contributed by atoms with Gasteiger partial charge in [-0.05, 0) is 20.0 Å². The summed E-state index contributed by atoms with van der Waals surface area (Å²) in [6, 6.07) is 2.33. The quantitative estimate of drug-likeness (QED) is 0.891. The summed E-state index contributed by atoms with van der Waals surface area (Å²) in [6.07, 6.45) is 0. The molecule has 1 aromatic heterocycles. The van der Waals surface area contributed by atoms with E-state index in [-0.39, 0.29) is 6.04 Å². The lowest BCUT2D eigenvalue weighted by molar-refractivity contribution is 0.281. The first-order chi connectivity index (χ1) is 10.0. The maximum Gasteiger partial charge on any atom is 0.161 e. The molecule has 2 rings (SSSR count). The maximum atomic E-state index is 13.5. The third-order valence-electron chi connectivity index (χ3n) is 3.85. The third-order valence-corrected chi connectivity index (χ3v) is 3.85. The fraction of sp³-hybridized carbons (Fsp3) is 0.533. The highest BCUT2D eigenvalue weighted by Crippen LogP contribution is 2.24. The predicted molar refractivity (Wildman–Crippen MR) is 80.0 cm³/mol. The molecule has 0 saturated carbocycles. The van der Waals surface area contributed by atoms with E-state index in [1.54, 1.807) is 0 Å². The minimum absolute atomic E-state index is 0.0228. The Kier molecular flexibility index (Phi) is 4.90. The minimum Gasteiger partial charge on any atom is -0.328 e. The van der Waals surface area contributed by atoms with Crippen LogP contribution in [0.1, 0.15) is 32.6 Å². The molecule has 0 amide bonds. The van der Waals surface area contributed by atoms with Crippen LogP contribution in [0.25, 0.3) is 11.0 Å². The predicted octanol–water partition coefficient (Wildman–Crippen LogP) is 2.68. The second-order valence-corrected chi connectivity index (χ2v) is 5.20. The highest BCUT2D eigenvalue weighted by atomic mass is 19.2. The van der Waals surface area contributed by atoms with Gasteiger partial charge < -0.3 is 10.3 Å². The van der Waals surface area contributed by atoms with Crippen LogP contribution >= 0.6 is 0 Å². The number of halogens is 2. The fourth-order valence-corrected chi connectivity index (χ4v) is 2.50. The van der Waals surface area contributed by atoms with Crippen LogP contribution in [-0.2, 0) is 6.54 Å². The number of fused-ring (bicyclic) bond motifs is 1. The molecule has 116 valence electrons. The molecule has 1 heterocycles. The number of hydrogen-bond donors (Lipinski definition) is 1. The summed E-state index contributed by atoms with van der Waals surface area (Å²) in [4.78, 5) is 6.68. The molecular formula is C15H22F2N4. The van der Waals surface area contributed by atoms with Crippen LogP contribution in [0, 0.1) is 11.6 Å². The Morgan fingerprint density at radius 1 is 1.24 bits per heavy atom. The SMILES string of the molecule is CCN(CC)Cc1nc2cc(F)c(F)cc2n1C(C)CN. The fourth-order valence-electron chi connectivity index (χ4n) is 2.50. The zero-order valence-corrected chi connectivity index (χ0v) is 12.7. The molecule has 4 nitrogen and oxygen atoms in total. The van der Waals surface area contributed by atoms with E-state index in [2.05, 4.69) is 23.7 Å². The lowest BCUT2D eigenvalue weighted by Crippen LogP contribution is -2.26. The van der Waals surface area contributed by atoms with Crippen molar-refractivity contribution in [2.75, 3.05) is 19.6 Å². The molecule has 0 aliphatic rings. The Balaban J connectivity index is 2.57. The third kappa shape index (κ3) is 3.06. The molecule has 21 heavy (non-hydrogen) atoms. The maximum absolute atomic E-state index is 13.5. The number of nitrogens with zero attached hydrogens (tertiary/aromatic N) is 3. The van der Waals surface area contributed by atoms with E-state index >= 15 is 0 Å². The Morgan fingerprint density at radius 3 is 2.43 bits per heavy atom. The number of rotatable bonds is 6. The van der Waals surface area contributed by atoms with Gasteiger partial charge in [0.15, 0.2) is 11.6 Å². The van der Waals surface area contributed by atoms with Crippen LogP contribution in [0.3, 0.4) is 0 Å². The standard InChI is InChI=1S/C15H22F2N4/c1-4-20(5-2)9-15-19-13-6-11(16)12(17)7-14(13)21(15)10(3)8-18/h6-7,10H,4-5,8-9,18H2,1-3H3. The normalized spacial score (nSPS) is 13.3. The highest BCUT2D eigenvalue weighted by molar-refractivity contribution is 5.76. The molecule has 0 aliphatic heterocycles. The first-order valence-electron chi connectivity index (χ1n) is 7.30. The van der Waals surface area contributed by atoms with Gasteiger partial charge in [0, 0.05) is 24.7 Å². The molecule has 2 N–H and O–H groups in total. The molecule has 2 aromatic rings. The molecule has 1 atom stereocenters. The lowest BCUT2D eigenvalue weighted by atomic mass is 10.2. The van der Waals surface area contributed by atoms with Gasteiger partial charge >= 0.3 is 0 Å². The number of hydrogen-bond acceptors (Lipinski definition) is 3. The first kappa shape index (κ1) is 15.9. The largest absolute Gasteiger partial charge is 0.328 e. The molecule has 0 spiro atoms. The molecule has 0 fully saturated rings. The number of nitrogens with two attached hydrogens (primary N) is 1. The number of aromatic nitrogens is 2. The zero-order chi connectivity index (χ0) is 15.6. The zero-order valence-electron chi connectivity index (χ0n) is 12.7. The van der Waals surface area contributed by atoms with Crippen LogP contribution in [-0.4, -0.2) is 34.1 Å². The van der Waals surface area contributed by atoms with Gasteiger partial charge in [0.2, 0.25) is 0 Å². The summed E-state index contributed by atoms with van der Waals surface area (Å²) in [5.74, 6) is -0.944. The molecular weight excluding hydrogens is 274 g/mol. The summed E-state index contributed by atoms with van der Waals surface area (Å²) in [5.41, 5.74) is 6.82. The molecule has 0 aliphatic carbocycles. The average Bonchev–Trinajstić information content (AvgIpc) is 2.81. The van der Waals surface area contributed by atoms with E-state index in [1.807, 2.05) is 11.5 Å². The molecule has 6 heteroatoms. The second-order valence-electron chi connectivity index (χ2n) is 5.20. The van der Waals surface area contributed by atoms with Crippen LogP contribution < -0.4 is 5.73 Å². The number of benzene rings is 1. The van der Waals surface area contributed by atoms with Crippen LogP contribution in [0.4, 0.5) is 8.78 Å². The smallest absolute Gasteiger partial charge is 0.161 e.